The maximum Gasteiger partial charge on any atom is 0.123 e. The highest BCUT2D eigenvalue weighted by Crippen LogP contribution is 2.13. The van der Waals surface area contributed by atoms with Crippen LogP contribution in [0.4, 0.5) is 4.39 Å². The zero-order valence-electron chi connectivity index (χ0n) is 9.75. The van der Waals surface area contributed by atoms with Gasteiger partial charge in [0.25, 0.3) is 0 Å². The molecule has 16 heavy (non-hydrogen) atoms. The minimum absolute atomic E-state index is 0.157. The van der Waals surface area contributed by atoms with E-state index in [4.69, 9.17) is 0 Å². The number of likely N-dealkylation sites (tertiary alicyclic amines) is 1. The molecule has 2 nitrogen and oxygen atoms in total. The summed E-state index contributed by atoms with van der Waals surface area (Å²) in [7, 11) is 2.02. The quantitative estimate of drug-likeness (QED) is 0.841. The number of hydrogen-bond donors (Lipinski definition) is 1. The molecule has 1 N–H and O–H groups in total. The Morgan fingerprint density at radius 3 is 2.81 bits per heavy atom. The molecule has 0 saturated carbocycles. The molecular weight excluding hydrogens is 203 g/mol. The van der Waals surface area contributed by atoms with E-state index in [1.165, 1.54) is 30.5 Å². The van der Waals surface area contributed by atoms with Crippen LogP contribution < -0.4 is 5.32 Å². The Morgan fingerprint density at radius 1 is 1.38 bits per heavy atom. The fourth-order valence-corrected chi connectivity index (χ4v) is 2.28. The Bertz CT molecular complexity index is 323. The van der Waals surface area contributed by atoms with Crippen LogP contribution in [-0.2, 0) is 6.54 Å². The molecule has 0 aromatic heterocycles. The van der Waals surface area contributed by atoms with Gasteiger partial charge >= 0.3 is 0 Å². The average molecular weight is 222 g/mol. The summed E-state index contributed by atoms with van der Waals surface area (Å²) in [6.45, 7) is 3.17. The summed E-state index contributed by atoms with van der Waals surface area (Å²) >= 11 is 0. The number of nitrogens with one attached hydrogen (secondary N) is 1. The summed E-state index contributed by atoms with van der Waals surface area (Å²) in [6.07, 6.45) is 2.50. The lowest BCUT2D eigenvalue weighted by atomic mass is 10.1. The summed E-state index contributed by atoms with van der Waals surface area (Å²) < 4.78 is 12.8. The molecular formula is C13H19FN2. The van der Waals surface area contributed by atoms with Crippen LogP contribution in [0.15, 0.2) is 24.3 Å². The van der Waals surface area contributed by atoms with Gasteiger partial charge in [-0.25, -0.2) is 4.39 Å². The predicted molar refractivity (Wildman–Crippen MR) is 63.8 cm³/mol. The minimum atomic E-state index is -0.157. The van der Waals surface area contributed by atoms with E-state index < -0.39 is 0 Å². The third kappa shape index (κ3) is 3.03. The molecule has 1 aliphatic heterocycles. The molecule has 0 aliphatic carbocycles. The fourth-order valence-electron chi connectivity index (χ4n) is 2.28. The van der Waals surface area contributed by atoms with E-state index in [-0.39, 0.29) is 5.82 Å². The molecule has 88 valence electrons. The SMILES string of the molecule is CN[C@@H]1CCCN(Cc2ccc(F)cc2)C1. The third-order valence-corrected chi connectivity index (χ3v) is 3.23. The van der Waals surface area contributed by atoms with Gasteiger partial charge in [0, 0.05) is 19.1 Å². The summed E-state index contributed by atoms with van der Waals surface area (Å²) in [5, 5.41) is 3.33. The lowest BCUT2D eigenvalue weighted by Gasteiger charge is -2.32. The van der Waals surface area contributed by atoms with E-state index in [0.29, 0.717) is 6.04 Å². The molecule has 1 fully saturated rings. The second kappa shape index (κ2) is 5.41. The molecule has 1 saturated heterocycles. The molecule has 0 spiro atoms. The summed E-state index contributed by atoms with van der Waals surface area (Å²) in [5.74, 6) is -0.157. The van der Waals surface area contributed by atoms with E-state index in [1.54, 1.807) is 0 Å². The largest absolute Gasteiger partial charge is 0.316 e. The smallest absolute Gasteiger partial charge is 0.123 e. The van der Waals surface area contributed by atoms with E-state index in [9.17, 15) is 4.39 Å². The van der Waals surface area contributed by atoms with Crippen molar-refractivity contribution in [3.05, 3.63) is 35.6 Å². The van der Waals surface area contributed by atoms with Gasteiger partial charge in [0.2, 0.25) is 0 Å². The van der Waals surface area contributed by atoms with Gasteiger partial charge in [-0.3, -0.25) is 4.90 Å². The Labute approximate surface area is 96.5 Å². The highest BCUT2D eigenvalue weighted by molar-refractivity contribution is 5.16. The zero-order valence-corrected chi connectivity index (χ0v) is 9.75. The second-order valence-corrected chi connectivity index (χ2v) is 4.49. The first kappa shape index (κ1) is 11.6. The van der Waals surface area contributed by atoms with Crippen molar-refractivity contribution in [3.63, 3.8) is 0 Å². The van der Waals surface area contributed by atoms with Crippen molar-refractivity contribution in [2.24, 2.45) is 0 Å². The number of nitrogens with zero attached hydrogens (tertiary/aromatic N) is 1. The molecule has 0 radical (unpaired) electrons. The molecule has 0 amide bonds. The first-order valence-electron chi connectivity index (χ1n) is 5.92. The van der Waals surface area contributed by atoms with Gasteiger partial charge in [-0.2, -0.15) is 0 Å². The standard InChI is InChI=1S/C13H19FN2/c1-15-13-3-2-8-16(10-13)9-11-4-6-12(14)7-5-11/h4-7,13,15H,2-3,8-10H2,1H3/t13-/m1/s1. The van der Waals surface area contributed by atoms with Gasteiger partial charge in [-0.1, -0.05) is 12.1 Å². The molecule has 1 aliphatic rings. The molecule has 0 bridgehead atoms. The van der Waals surface area contributed by atoms with E-state index in [2.05, 4.69) is 10.2 Å². The van der Waals surface area contributed by atoms with Crippen molar-refractivity contribution in [1.82, 2.24) is 10.2 Å². The molecule has 2 rings (SSSR count). The average Bonchev–Trinajstić information content (AvgIpc) is 2.32. The Kier molecular flexibility index (Phi) is 3.91. The van der Waals surface area contributed by atoms with E-state index in [0.717, 1.165) is 19.6 Å². The van der Waals surface area contributed by atoms with Crippen LogP contribution in [0.1, 0.15) is 18.4 Å². The maximum absolute atomic E-state index is 12.8. The molecule has 1 heterocycles. The first-order valence-corrected chi connectivity index (χ1v) is 5.92. The van der Waals surface area contributed by atoms with Crippen LogP contribution in [0.3, 0.4) is 0 Å². The highest BCUT2D eigenvalue weighted by Gasteiger charge is 2.17. The number of benzene rings is 1. The van der Waals surface area contributed by atoms with Crippen LogP contribution in [0.25, 0.3) is 0 Å². The van der Waals surface area contributed by atoms with Crippen molar-refractivity contribution in [2.45, 2.75) is 25.4 Å². The predicted octanol–water partition coefficient (Wildman–Crippen LogP) is 2.01. The lowest BCUT2D eigenvalue weighted by molar-refractivity contribution is 0.188. The zero-order chi connectivity index (χ0) is 11.4. The summed E-state index contributed by atoms with van der Waals surface area (Å²) in [6, 6.07) is 7.43. The summed E-state index contributed by atoms with van der Waals surface area (Å²) in [4.78, 5) is 2.43. The van der Waals surface area contributed by atoms with Crippen LogP contribution in [0.2, 0.25) is 0 Å². The number of piperidine rings is 1. The molecule has 0 unspecified atom stereocenters. The van der Waals surface area contributed by atoms with Gasteiger partial charge in [0.15, 0.2) is 0 Å². The van der Waals surface area contributed by atoms with Crippen LogP contribution in [0.5, 0.6) is 0 Å². The highest BCUT2D eigenvalue weighted by atomic mass is 19.1. The number of rotatable bonds is 3. The van der Waals surface area contributed by atoms with Gasteiger partial charge in [0.1, 0.15) is 5.82 Å². The van der Waals surface area contributed by atoms with E-state index in [1.807, 2.05) is 19.2 Å². The van der Waals surface area contributed by atoms with E-state index >= 15 is 0 Å². The van der Waals surface area contributed by atoms with Crippen molar-refractivity contribution >= 4 is 0 Å². The molecule has 1 aromatic rings. The van der Waals surface area contributed by atoms with Gasteiger partial charge in [-0.05, 0) is 44.1 Å². The van der Waals surface area contributed by atoms with Crippen LogP contribution in [-0.4, -0.2) is 31.1 Å². The molecule has 1 aromatic carbocycles. The molecule has 3 heteroatoms. The third-order valence-electron chi connectivity index (χ3n) is 3.23. The minimum Gasteiger partial charge on any atom is -0.316 e. The van der Waals surface area contributed by atoms with Crippen molar-refractivity contribution in [3.8, 4) is 0 Å². The fraction of sp³-hybridized carbons (Fsp3) is 0.538. The van der Waals surface area contributed by atoms with Gasteiger partial charge in [-0.15, -0.1) is 0 Å². The second-order valence-electron chi connectivity index (χ2n) is 4.49. The first-order chi connectivity index (χ1) is 7.78. The monoisotopic (exact) mass is 222 g/mol. The number of halogens is 1. The van der Waals surface area contributed by atoms with Gasteiger partial charge in [0.05, 0.1) is 0 Å². The topological polar surface area (TPSA) is 15.3 Å². The summed E-state index contributed by atoms with van der Waals surface area (Å²) in [5.41, 5.74) is 1.19. The number of hydrogen-bond acceptors (Lipinski definition) is 2. The Hall–Kier alpha value is -0.930. The normalized spacial score (nSPS) is 22.2. The van der Waals surface area contributed by atoms with Crippen molar-refractivity contribution in [1.29, 1.82) is 0 Å². The maximum atomic E-state index is 12.8. The van der Waals surface area contributed by atoms with Crippen LogP contribution >= 0.6 is 0 Å². The molecule has 1 atom stereocenters. The van der Waals surface area contributed by atoms with Gasteiger partial charge < -0.3 is 5.32 Å². The Morgan fingerprint density at radius 2 is 2.12 bits per heavy atom. The number of likely N-dealkylation sites (N-methyl/N-ethyl adjacent to an activating group) is 1. The lowest BCUT2D eigenvalue weighted by Crippen LogP contribution is -2.43. The van der Waals surface area contributed by atoms with Crippen molar-refractivity contribution in [2.75, 3.05) is 20.1 Å². The van der Waals surface area contributed by atoms with Crippen molar-refractivity contribution < 1.29 is 4.39 Å². The van der Waals surface area contributed by atoms with Crippen LogP contribution in [0, 0.1) is 5.82 Å². The Balaban J connectivity index is 1.91.